The van der Waals surface area contributed by atoms with Gasteiger partial charge in [-0.05, 0) is 35.9 Å². The molecule has 98 valence electrons. The van der Waals surface area contributed by atoms with Crippen molar-refractivity contribution in [2.45, 2.75) is 0 Å². The summed E-state index contributed by atoms with van der Waals surface area (Å²) in [6.07, 6.45) is 2.77. The Labute approximate surface area is 115 Å². The molecule has 0 amide bonds. The second kappa shape index (κ2) is 4.13. The van der Waals surface area contributed by atoms with Crippen LogP contribution in [0.2, 0.25) is 0 Å². The SMILES string of the molecule is O=Cc1c(-c2ccc3c(c2)OCO3)cc2ccccn12. The summed E-state index contributed by atoms with van der Waals surface area (Å²) < 4.78 is 12.6. The van der Waals surface area contributed by atoms with Crippen molar-refractivity contribution in [3.05, 3.63) is 54.4 Å². The van der Waals surface area contributed by atoms with E-state index in [1.165, 1.54) is 0 Å². The summed E-state index contributed by atoms with van der Waals surface area (Å²) in [6, 6.07) is 13.6. The number of rotatable bonds is 2. The van der Waals surface area contributed by atoms with E-state index < -0.39 is 0 Å². The van der Waals surface area contributed by atoms with Gasteiger partial charge in [-0.1, -0.05) is 12.1 Å². The summed E-state index contributed by atoms with van der Waals surface area (Å²) in [5, 5.41) is 0. The zero-order valence-corrected chi connectivity index (χ0v) is 10.6. The first-order valence-electron chi connectivity index (χ1n) is 6.32. The van der Waals surface area contributed by atoms with Gasteiger partial charge in [0.2, 0.25) is 6.79 Å². The highest BCUT2D eigenvalue weighted by Gasteiger charge is 2.17. The Morgan fingerprint density at radius 3 is 2.85 bits per heavy atom. The first-order chi connectivity index (χ1) is 9.86. The maximum Gasteiger partial charge on any atom is 0.231 e. The fourth-order valence-corrected chi connectivity index (χ4v) is 2.56. The Kier molecular flexibility index (Phi) is 2.29. The molecule has 3 heterocycles. The number of hydrogen-bond acceptors (Lipinski definition) is 3. The quantitative estimate of drug-likeness (QED) is 0.668. The van der Waals surface area contributed by atoms with Crippen LogP contribution in [0.4, 0.5) is 0 Å². The number of fused-ring (bicyclic) bond motifs is 2. The van der Waals surface area contributed by atoms with Crippen molar-refractivity contribution in [2.75, 3.05) is 6.79 Å². The highest BCUT2D eigenvalue weighted by Crippen LogP contribution is 2.37. The van der Waals surface area contributed by atoms with Crippen LogP contribution in [0, 0.1) is 0 Å². The third kappa shape index (κ3) is 1.51. The summed E-state index contributed by atoms with van der Waals surface area (Å²) in [4.78, 5) is 11.4. The number of aromatic nitrogens is 1. The zero-order valence-electron chi connectivity index (χ0n) is 10.6. The number of ether oxygens (including phenoxy) is 2. The van der Waals surface area contributed by atoms with E-state index in [4.69, 9.17) is 9.47 Å². The largest absolute Gasteiger partial charge is 0.454 e. The average Bonchev–Trinajstić information content (AvgIpc) is 3.10. The maximum atomic E-state index is 11.4. The predicted octanol–water partition coefficient (Wildman–Crippen LogP) is 3.15. The molecular weight excluding hydrogens is 254 g/mol. The minimum atomic E-state index is 0.247. The lowest BCUT2D eigenvalue weighted by atomic mass is 10.1. The van der Waals surface area contributed by atoms with Crippen LogP contribution >= 0.6 is 0 Å². The molecule has 4 nitrogen and oxygen atoms in total. The van der Waals surface area contributed by atoms with Crippen molar-refractivity contribution in [1.82, 2.24) is 4.40 Å². The van der Waals surface area contributed by atoms with Crippen LogP contribution in [0.1, 0.15) is 10.5 Å². The van der Waals surface area contributed by atoms with E-state index in [-0.39, 0.29) is 6.79 Å². The average molecular weight is 265 g/mol. The van der Waals surface area contributed by atoms with Gasteiger partial charge in [-0.15, -0.1) is 0 Å². The van der Waals surface area contributed by atoms with E-state index in [2.05, 4.69) is 0 Å². The maximum absolute atomic E-state index is 11.4. The van der Waals surface area contributed by atoms with Gasteiger partial charge in [-0.25, -0.2) is 0 Å². The molecule has 2 aromatic heterocycles. The van der Waals surface area contributed by atoms with Gasteiger partial charge in [0.1, 0.15) is 0 Å². The van der Waals surface area contributed by atoms with Crippen molar-refractivity contribution in [1.29, 1.82) is 0 Å². The van der Waals surface area contributed by atoms with E-state index in [1.54, 1.807) is 0 Å². The second-order valence-electron chi connectivity index (χ2n) is 4.62. The summed E-state index contributed by atoms with van der Waals surface area (Å²) in [5.74, 6) is 1.46. The molecule has 0 bridgehead atoms. The van der Waals surface area contributed by atoms with Gasteiger partial charge in [0.05, 0.1) is 5.69 Å². The molecule has 0 unspecified atom stereocenters. The number of carbonyl (C=O) groups is 1. The molecule has 4 heteroatoms. The van der Waals surface area contributed by atoms with Crippen LogP contribution in [-0.4, -0.2) is 17.5 Å². The first kappa shape index (κ1) is 11.1. The van der Waals surface area contributed by atoms with Crippen molar-refractivity contribution in [3.63, 3.8) is 0 Å². The number of carbonyl (C=O) groups excluding carboxylic acids is 1. The molecule has 0 N–H and O–H groups in total. The minimum absolute atomic E-state index is 0.247. The molecule has 20 heavy (non-hydrogen) atoms. The topological polar surface area (TPSA) is 39.9 Å². The number of aldehydes is 1. The molecule has 1 aliphatic rings. The molecule has 4 rings (SSSR count). The molecule has 0 fully saturated rings. The number of hydrogen-bond donors (Lipinski definition) is 0. The van der Waals surface area contributed by atoms with Gasteiger partial charge in [0, 0.05) is 17.3 Å². The van der Waals surface area contributed by atoms with E-state index in [0.29, 0.717) is 5.69 Å². The molecule has 0 spiro atoms. The third-order valence-corrected chi connectivity index (χ3v) is 3.51. The molecule has 0 atom stereocenters. The van der Waals surface area contributed by atoms with Crippen LogP contribution < -0.4 is 9.47 Å². The van der Waals surface area contributed by atoms with Crippen molar-refractivity contribution >= 4 is 11.8 Å². The highest BCUT2D eigenvalue weighted by atomic mass is 16.7. The minimum Gasteiger partial charge on any atom is -0.454 e. The molecule has 1 aromatic carbocycles. The second-order valence-corrected chi connectivity index (χ2v) is 4.62. The Balaban J connectivity index is 1.95. The first-order valence-corrected chi connectivity index (χ1v) is 6.32. The monoisotopic (exact) mass is 265 g/mol. The van der Waals surface area contributed by atoms with Gasteiger partial charge in [0.15, 0.2) is 17.8 Å². The van der Waals surface area contributed by atoms with Gasteiger partial charge >= 0.3 is 0 Å². The van der Waals surface area contributed by atoms with E-state index >= 15 is 0 Å². The lowest BCUT2D eigenvalue weighted by Gasteiger charge is -2.02. The summed E-state index contributed by atoms with van der Waals surface area (Å²) in [7, 11) is 0. The fraction of sp³-hybridized carbons (Fsp3) is 0.0625. The van der Waals surface area contributed by atoms with Gasteiger partial charge < -0.3 is 13.9 Å². The number of benzene rings is 1. The third-order valence-electron chi connectivity index (χ3n) is 3.51. The molecule has 0 aliphatic carbocycles. The Bertz CT molecular complexity index is 820. The number of nitrogens with zero attached hydrogens (tertiary/aromatic N) is 1. The highest BCUT2D eigenvalue weighted by molar-refractivity contribution is 5.90. The molecule has 0 saturated carbocycles. The van der Waals surface area contributed by atoms with Crippen molar-refractivity contribution in [2.24, 2.45) is 0 Å². The molecule has 3 aromatic rings. The van der Waals surface area contributed by atoms with Crippen LogP contribution in [0.5, 0.6) is 11.5 Å². The molecule has 1 aliphatic heterocycles. The smallest absolute Gasteiger partial charge is 0.231 e. The molecule has 0 saturated heterocycles. The van der Waals surface area contributed by atoms with Gasteiger partial charge in [0.25, 0.3) is 0 Å². The van der Waals surface area contributed by atoms with Crippen LogP contribution in [0.15, 0.2) is 48.7 Å². The Hall–Kier alpha value is -2.75. The fourth-order valence-electron chi connectivity index (χ4n) is 2.56. The summed E-state index contributed by atoms with van der Waals surface area (Å²) >= 11 is 0. The van der Waals surface area contributed by atoms with Crippen LogP contribution in [-0.2, 0) is 0 Å². The van der Waals surface area contributed by atoms with Gasteiger partial charge in [-0.2, -0.15) is 0 Å². The normalized spacial score (nSPS) is 12.8. The Morgan fingerprint density at radius 2 is 1.95 bits per heavy atom. The van der Waals surface area contributed by atoms with E-state index in [9.17, 15) is 4.79 Å². The summed E-state index contributed by atoms with van der Waals surface area (Å²) in [6.45, 7) is 0.247. The van der Waals surface area contributed by atoms with E-state index in [0.717, 1.165) is 34.4 Å². The predicted molar refractivity (Wildman–Crippen MR) is 74.3 cm³/mol. The van der Waals surface area contributed by atoms with Gasteiger partial charge in [-0.3, -0.25) is 4.79 Å². The number of pyridine rings is 1. The zero-order chi connectivity index (χ0) is 13.5. The lowest BCUT2D eigenvalue weighted by Crippen LogP contribution is -1.93. The van der Waals surface area contributed by atoms with Crippen molar-refractivity contribution in [3.8, 4) is 22.6 Å². The van der Waals surface area contributed by atoms with Crippen molar-refractivity contribution < 1.29 is 14.3 Å². The van der Waals surface area contributed by atoms with E-state index in [1.807, 2.05) is 53.1 Å². The molecular formula is C16H11NO3. The lowest BCUT2D eigenvalue weighted by molar-refractivity contribution is 0.111. The summed E-state index contributed by atoms with van der Waals surface area (Å²) in [5.41, 5.74) is 3.46. The Morgan fingerprint density at radius 1 is 1.05 bits per heavy atom. The standard InChI is InChI=1S/C16H11NO3/c18-9-14-13(8-12-3-1-2-6-17(12)14)11-4-5-15-16(7-11)20-10-19-15/h1-9H,10H2. The van der Waals surface area contributed by atoms with Crippen LogP contribution in [0.3, 0.4) is 0 Å². The van der Waals surface area contributed by atoms with Crippen LogP contribution in [0.25, 0.3) is 16.6 Å². The molecule has 0 radical (unpaired) electrons.